The first-order chi connectivity index (χ1) is 11.0. The standard InChI is InChI=1S/C14H21ClN6O2/c15-14-18-12(19-20-14)3-4-13(23)17-10-6-21(7-11(16)22)5-9(10)8-1-2-8/h8-10H,1-7H2,(H2,16,22)(H,17,23)(H,18,19,20)/t9-,10+/m1/s1. The number of primary amides is 1. The van der Waals surface area contributed by atoms with Crippen LogP contribution in [0, 0.1) is 11.8 Å². The monoisotopic (exact) mass is 340 g/mol. The molecule has 1 saturated carbocycles. The van der Waals surface area contributed by atoms with Crippen LogP contribution in [-0.4, -0.2) is 57.6 Å². The largest absolute Gasteiger partial charge is 0.369 e. The molecule has 1 saturated heterocycles. The summed E-state index contributed by atoms with van der Waals surface area (Å²) in [6, 6.07) is 0.0904. The number of aromatic amines is 1. The van der Waals surface area contributed by atoms with E-state index in [-0.39, 0.29) is 29.7 Å². The zero-order chi connectivity index (χ0) is 16.4. The number of carbonyl (C=O) groups excluding carboxylic acids is 2. The highest BCUT2D eigenvalue weighted by atomic mass is 35.5. The Morgan fingerprint density at radius 1 is 1.39 bits per heavy atom. The van der Waals surface area contributed by atoms with E-state index in [1.54, 1.807) is 0 Å². The molecule has 0 unspecified atom stereocenters. The number of amides is 2. The van der Waals surface area contributed by atoms with E-state index in [2.05, 4.69) is 20.5 Å². The van der Waals surface area contributed by atoms with Gasteiger partial charge in [-0.1, -0.05) is 0 Å². The van der Waals surface area contributed by atoms with Crippen molar-refractivity contribution in [1.29, 1.82) is 0 Å². The third-order valence-electron chi connectivity index (χ3n) is 4.49. The van der Waals surface area contributed by atoms with Gasteiger partial charge in [-0.2, -0.15) is 0 Å². The van der Waals surface area contributed by atoms with Crippen LogP contribution in [0.25, 0.3) is 0 Å². The number of aromatic nitrogens is 3. The van der Waals surface area contributed by atoms with Crippen molar-refractivity contribution in [2.24, 2.45) is 17.6 Å². The highest BCUT2D eigenvalue weighted by Gasteiger charge is 2.43. The molecule has 1 aliphatic carbocycles. The fourth-order valence-corrected chi connectivity index (χ4v) is 3.46. The van der Waals surface area contributed by atoms with Crippen LogP contribution in [0.1, 0.15) is 25.1 Å². The summed E-state index contributed by atoms with van der Waals surface area (Å²) >= 11 is 5.63. The molecule has 1 aromatic rings. The lowest BCUT2D eigenvalue weighted by atomic mass is 9.98. The Hall–Kier alpha value is -1.67. The smallest absolute Gasteiger partial charge is 0.242 e. The van der Waals surface area contributed by atoms with Gasteiger partial charge in [-0.15, -0.1) is 5.10 Å². The van der Waals surface area contributed by atoms with Gasteiger partial charge in [0, 0.05) is 32.0 Å². The quantitative estimate of drug-likeness (QED) is 0.630. The number of rotatable bonds is 7. The van der Waals surface area contributed by atoms with Crippen LogP contribution >= 0.6 is 11.6 Å². The fraction of sp³-hybridized carbons (Fsp3) is 0.714. The average Bonchev–Trinajstić information content (AvgIpc) is 3.13. The van der Waals surface area contributed by atoms with Crippen molar-refractivity contribution >= 4 is 23.4 Å². The molecular formula is C14H21ClN6O2. The summed E-state index contributed by atoms with van der Waals surface area (Å²) in [5, 5.41) is 9.68. The molecule has 2 atom stereocenters. The molecular weight excluding hydrogens is 320 g/mol. The lowest BCUT2D eigenvalue weighted by Crippen LogP contribution is -2.41. The molecule has 126 valence electrons. The first-order valence-electron chi connectivity index (χ1n) is 7.88. The summed E-state index contributed by atoms with van der Waals surface area (Å²) in [6.07, 6.45) is 3.21. The summed E-state index contributed by atoms with van der Waals surface area (Å²) < 4.78 is 0. The van der Waals surface area contributed by atoms with Crippen molar-refractivity contribution in [1.82, 2.24) is 25.4 Å². The normalized spacial score (nSPS) is 24.7. The molecule has 1 aromatic heterocycles. The van der Waals surface area contributed by atoms with Gasteiger partial charge >= 0.3 is 0 Å². The van der Waals surface area contributed by atoms with E-state index in [1.807, 2.05) is 4.90 Å². The number of likely N-dealkylation sites (tertiary alicyclic amines) is 1. The first kappa shape index (κ1) is 16.2. The molecule has 23 heavy (non-hydrogen) atoms. The Morgan fingerprint density at radius 3 is 2.78 bits per heavy atom. The number of carbonyl (C=O) groups is 2. The van der Waals surface area contributed by atoms with Crippen LogP contribution in [0.4, 0.5) is 0 Å². The predicted molar refractivity (Wildman–Crippen MR) is 83.5 cm³/mol. The van der Waals surface area contributed by atoms with Gasteiger partial charge in [0.1, 0.15) is 5.82 Å². The van der Waals surface area contributed by atoms with Crippen LogP contribution in [0.15, 0.2) is 0 Å². The minimum atomic E-state index is -0.325. The molecule has 2 heterocycles. The van der Waals surface area contributed by atoms with Crippen molar-refractivity contribution in [3.63, 3.8) is 0 Å². The van der Waals surface area contributed by atoms with Crippen LogP contribution in [0.3, 0.4) is 0 Å². The van der Waals surface area contributed by atoms with Gasteiger partial charge in [0.05, 0.1) is 6.54 Å². The highest BCUT2D eigenvalue weighted by molar-refractivity contribution is 6.28. The zero-order valence-electron chi connectivity index (χ0n) is 12.8. The molecule has 0 bridgehead atoms. The highest BCUT2D eigenvalue weighted by Crippen LogP contribution is 2.41. The molecule has 1 aliphatic heterocycles. The van der Waals surface area contributed by atoms with E-state index in [1.165, 1.54) is 12.8 Å². The summed E-state index contributed by atoms with van der Waals surface area (Å²) in [5.74, 6) is 1.33. The van der Waals surface area contributed by atoms with E-state index in [0.717, 1.165) is 6.54 Å². The maximum absolute atomic E-state index is 12.2. The minimum Gasteiger partial charge on any atom is -0.369 e. The van der Waals surface area contributed by atoms with Gasteiger partial charge in [0.25, 0.3) is 0 Å². The van der Waals surface area contributed by atoms with E-state index in [4.69, 9.17) is 17.3 Å². The second-order valence-electron chi connectivity index (χ2n) is 6.39. The molecule has 0 radical (unpaired) electrons. The number of hydrogen-bond acceptors (Lipinski definition) is 5. The van der Waals surface area contributed by atoms with Gasteiger partial charge in [-0.25, -0.2) is 4.98 Å². The summed E-state index contributed by atoms with van der Waals surface area (Å²) in [6.45, 7) is 1.77. The summed E-state index contributed by atoms with van der Waals surface area (Å²) in [7, 11) is 0. The van der Waals surface area contributed by atoms with Gasteiger partial charge in [0.2, 0.25) is 17.1 Å². The van der Waals surface area contributed by atoms with E-state index >= 15 is 0 Å². The molecule has 3 rings (SSSR count). The number of aryl methyl sites for hydroxylation is 1. The molecule has 4 N–H and O–H groups in total. The SMILES string of the molecule is NC(=O)CN1C[C@H](NC(=O)CCc2nc(Cl)n[nH]2)[C@@H](C2CC2)C1. The lowest BCUT2D eigenvalue weighted by molar-refractivity contribution is -0.122. The molecule has 8 nitrogen and oxygen atoms in total. The Bertz CT molecular complexity index is 588. The molecule has 2 fully saturated rings. The minimum absolute atomic E-state index is 0.0194. The lowest BCUT2D eigenvalue weighted by Gasteiger charge is -2.19. The van der Waals surface area contributed by atoms with Gasteiger partial charge in [-0.3, -0.25) is 19.6 Å². The van der Waals surface area contributed by atoms with E-state index in [9.17, 15) is 9.59 Å². The maximum atomic E-state index is 12.2. The topological polar surface area (TPSA) is 117 Å². The van der Waals surface area contributed by atoms with Crippen LogP contribution in [0.5, 0.6) is 0 Å². The third kappa shape index (κ3) is 4.42. The Labute approximate surface area is 139 Å². The number of halogens is 1. The number of hydrogen-bond donors (Lipinski definition) is 3. The molecule has 0 aromatic carbocycles. The third-order valence-corrected chi connectivity index (χ3v) is 4.66. The van der Waals surface area contributed by atoms with Crippen LogP contribution < -0.4 is 11.1 Å². The number of H-pyrrole nitrogens is 1. The maximum Gasteiger partial charge on any atom is 0.242 e. The van der Waals surface area contributed by atoms with Crippen molar-refractivity contribution in [3.05, 3.63) is 11.1 Å². The van der Waals surface area contributed by atoms with E-state index in [0.29, 0.717) is 37.0 Å². The average molecular weight is 341 g/mol. The Balaban J connectivity index is 1.50. The van der Waals surface area contributed by atoms with Crippen LogP contribution in [0.2, 0.25) is 5.28 Å². The van der Waals surface area contributed by atoms with Crippen molar-refractivity contribution in [2.45, 2.75) is 31.7 Å². The van der Waals surface area contributed by atoms with Gasteiger partial charge < -0.3 is 11.1 Å². The molecule has 9 heteroatoms. The summed E-state index contributed by atoms with van der Waals surface area (Å²) in [5.41, 5.74) is 5.28. The van der Waals surface area contributed by atoms with Crippen molar-refractivity contribution in [3.8, 4) is 0 Å². The van der Waals surface area contributed by atoms with Crippen LogP contribution in [-0.2, 0) is 16.0 Å². The van der Waals surface area contributed by atoms with Gasteiger partial charge in [0.15, 0.2) is 0 Å². The Kier molecular flexibility index (Phi) is 4.82. The zero-order valence-corrected chi connectivity index (χ0v) is 13.6. The molecule has 2 amide bonds. The predicted octanol–water partition coefficient (Wildman–Crippen LogP) is -0.297. The Morgan fingerprint density at radius 2 is 2.17 bits per heavy atom. The van der Waals surface area contributed by atoms with Crippen molar-refractivity contribution in [2.75, 3.05) is 19.6 Å². The first-order valence-corrected chi connectivity index (χ1v) is 8.26. The fourth-order valence-electron chi connectivity index (χ4n) is 3.31. The number of nitrogens with two attached hydrogens (primary N) is 1. The van der Waals surface area contributed by atoms with Gasteiger partial charge in [-0.05, 0) is 36.3 Å². The number of nitrogens with one attached hydrogen (secondary N) is 2. The van der Waals surface area contributed by atoms with Crippen molar-refractivity contribution < 1.29 is 9.59 Å². The summed E-state index contributed by atoms with van der Waals surface area (Å²) in [4.78, 5) is 29.3. The second kappa shape index (κ2) is 6.84. The second-order valence-corrected chi connectivity index (χ2v) is 6.72. The number of nitrogens with zero attached hydrogens (tertiary/aromatic N) is 3. The molecule has 2 aliphatic rings. The van der Waals surface area contributed by atoms with E-state index < -0.39 is 0 Å². The molecule has 0 spiro atoms.